The van der Waals surface area contributed by atoms with Crippen LogP contribution in [0.4, 0.5) is 23.0 Å². The molecule has 1 atom stereocenters. The summed E-state index contributed by atoms with van der Waals surface area (Å²) in [7, 11) is 4.27. The summed E-state index contributed by atoms with van der Waals surface area (Å²) in [6, 6.07) is 12.2. The number of esters is 1. The zero-order chi connectivity index (χ0) is 27.7. The van der Waals surface area contributed by atoms with E-state index >= 15 is 0 Å². The molecule has 2 aromatic heterocycles. The highest BCUT2D eigenvalue weighted by molar-refractivity contribution is 6.02. The second-order valence-electron chi connectivity index (χ2n) is 10.6. The van der Waals surface area contributed by atoms with Crippen LogP contribution >= 0.6 is 0 Å². The van der Waals surface area contributed by atoms with Crippen molar-refractivity contribution >= 4 is 39.9 Å². The first-order chi connectivity index (χ1) is 18.7. The number of para-hydroxylation sites is 1. The van der Waals surface area contributed by atoms with Gasteiger partial charge in [0.05, 0.1) is 23.2 Å². The molecule has 0 amide bonds. The van der Waals surface area contributed by atoms with Crippen LogP contribution in [0.2, 0.25) is 0 Å². The van der Waals surface area contributed by atoms with E-state index in [0.29, 0.717) is 34.5 Å². The number of likely N-dealkylation sites (tertiary alicyclic amines) is 1. The van der Waals surface area contributed by atoms with E-state index in [1.54, 1.807) is 6.26 Å². The number of likely N-dealkylation sites (N-methyl/N-ethyl adjacent to an activating group) is 2. The number of nitrogens with two attached hydrogens (primary N) is 1. The van der Waals surface area contributed by atoms with Crippen molar-refractivity contribution in [2.24, 2.45) is 0 Å². The van der Waals surface area contributed by atoms with E-state index in [1.807, 2.05) is 51.1 Å². The molecule has 1 fully saturated rings. The molecule has 204 valence electrons. The molecule has 3 N–H and O–H groups in total. The maximum Gasteiger partial charge on any atom is 0.342 e. The van der Waals surface area contributed by atoms with E-state index < -0.39 is 5.97 Å². The van der Waals surface area contributed by atoms with Gasteiger partial charge in [-0.15, -0.1) is 0 Å². The third-order valence-corrected chi connectivity index (χ3v) is 7.28. The van der Waals surface area contributed by atoms with Gasteiger partial charge in [-0.2, -0.15) is 0 Å². The number of furan rings is 1. The van der Waals surface area contributed by atoms with E-state index in [9.17, 15) is 4.79 Å². The number of hydrogen-bond donors (Lipinski definition) is 2. The van der Waals surface area contributed by atoms with Gasteiger partial charge in [0, 0.05) is 42.5 Å². The minimum Gasteiger partial charge on any atom is -0.464 e. The lowest BCUT2D eigenvalue weighted by Crippen LogP contribution is -2.36. The van der Waals surface area contributed by atoms with Crippen LogP contribution in [-0.2, 0) is 4.74 Å². The van der Waals surface area contributed by atoms with E-state index in [4.69, 9.17) is 19.9 Å². The van der Waals surface area contributed by atoms with Crippen molar-refractivity contribution in [1.29, 1.82) is 0 Å². The van der Waals surface area contributed by atoms with Crippen LogP contribution < -0.4 is 16.0 Å². The Morgan fingerprint density at radius 1 is 1.31 bits per heavy atom. The Morgan fingerprint density at radius 3 is 2.85 bits per heavy atom. The summed E-state index contributed by atoms with van der Waals surface area (Å²) in [4.78, 5) is 26.8. The Balaban J connectivity index is 1.46. The van der Waals surface area contributed by atoms with E-state index in [2.05, 4.69) is 40.3 Å². The number of fused-ring (bicyclic) bond motifs is 1. The van der Waals surface area contributed by atoms with Gasteiger partial charge in [-0.1, -0.05) is 18.2 Å². The van der Waals surface area contributed by atoms with Crippen LogP contribution in [0.1, 0.15) is 42.6 Å². The van der Waals surface area contributed by atoms with Gasteiger partial charge in [0.1, 0.15) is 17.4 Å². The first kappa shape index (κ1) is 26.5. The smallest absolute Gasteiger partial charge is 0.342 e. The fraction of sp³-hybridized carbons (Fsp3) is 0.367. The molecule has 4 aromatic rings. The van der Waals surface area contributed by atoms with Crippen LogP contribution in [-0.4, -0.2) is 60.2 Å². The van der Waals surface area contributed by atoms with Gasteiger partial charge in [0.15, 0.2) is 0 Å². The minimum absolute atomic E-state index is 0.269. The molecule has 1 aliphatic rings. The highest BCUT2D eigenvalue weighted by Gasteiger charge is 2.24. The highest BCUT2D eigenvalue weighted by atomic mass is 16.5. The van der Waals surface area contributed by atoms with E-state index in [-0.39, 0.29) is 11.7 Å². The van der Waals surface area contributed by atoms with Gasteiger partial charge in [-0.05, 0) is 71.0 Å². The number of nitrogens with zero attached hydrogens (tertiary/aromatic N) is 4. The molecule has 5 rings (SSSR count). The summed E-state index contributed by atoms with van der Waals surface area (Å²) in [5.41, 5.74) is 12.1. The summed E-state index contributed by atoms with van der Waals surface area (Å²) < 4.78 is 11.2. The Hall–Kier alpha value is -4.11. The quantitative estimate of drug-likeness (QED) is 0.222. The average Bonchev–Trinajstić information content (AvgIpc) is 3.51. The topological polar surface area (TPSA) is 110 Å². The normalized spacial score (nSPS) is 15.7. The molecule has 2 aromatic carbocycles. The van der Waals surface area contributed by atoms with Crippen molar-refractivity contribution in [2.75, 3.05) is 43.1 Å². The zero-order valence-corrected chi connectivity index (χ0v) is 23.2. The van der Waals surface area contributed by atoms with E-state index in [0.717, 1.165) is 35.4 Å². The SMILES string of the molecule is Cc1cc(N(C)C[C@H]2CCCN2C)c(N)cc1Nc1ncc(C(=O)OC(C)C)c(-c2coc3ccccc23)n1. The molecule has 0 radical (unpaired) electrons. The van der Waals surface area contributed by atoms with Gasteiger partial charge in [0.25, 0.3) is 0 Å². The van der Waals surface area contributed by atoms with Crippen LogP contribution in [0, 0.1) is 6.92 Å². The molecule has 0 bridgehead atoms. The van der Waals surface area contributed by atoms with Gasteiger partial charge in [-0.3, -0.25) is 0 Å². The van der Waals surface area contributed by atoms with Crippen molar-refractivity contribution in [3.63, 3.8) is 0 Å². The Morgan fingerprint density at radius 2 is 2.10 bits per heavy atom. The molecule has 39 heavy (non-hydrogen) atoms. The predicted octanol–water partition coefficient (Wildman–Crippen LogP) is 5.62. The summed E-state index contributed by atoms with van der Waals surface area (Å²) in [6.45, 7) is 7.70. The predicted molar refractivity (Wildman–Crippen MR) is 156 cm³/mol. The van der Waals surface area contributed by atoms with E-state index in [1.165, 1.54) is 19.0 Å². The van der Waals surface area contributed by atoms with Gasteiger partial charge in [0.2, 0.25) is 5.95 Å². The van der Waals surface area contributed by atoms with Gasteiger partial charge >= 0.3 is 5.97 Å². The van der Waals surface area contributed by atoms with Crippen LogP contribution in [0.15, 0.2) is 53.3 Å². The molecule has 0 spiro atoms. The first-order valence-electron chi connectivity index (χ1n) is 13.3. The van der Waals surface area contributed by atoms with Crippen LogP contribution in [0.5, 0.6) is 0 Å². The third-order valence-electron chi connectivity index (χ3n) is 7.28. The lowest BCUT2D eigenvalue weighted by atomic mass is 10.1. The van der Waals surface area contributed by atoms with Crippen molar-refractivity contribution in [3.05, 3.63) is 60.0 Å². The highest BCUT2D eigenvalue weighted by Crippen LogP contribution is 2.34. The number of aryl methyl sites for hydroxylation is 1. The number of benzene rings is 2. The number of nitrogens with one attached hydrogen (secondary N) is 1. The van der Waals surface area contributed by atoms with Crippen molar-refractivity contribution in [2.45, 2.75) is 45.8 Å². The summed E-state index contributed by atoms with van der Waals surface area (Å²) in [5, 5.41) is 4.15. The Labute approximate surface area is 229 Å². The number of nitrogen functional groups attached to an aromatic ring is 1. The van der Waals surface area contributed by atoms with Gasteiger partial charge in [-0.25, -0.2) is 14.8 Å². The number of anilines is 4. The Bertz CT molecular complexity index is 1500. The lowest BCUT2D eigenvalue weighted by Gasteiger charge is -2.29. The van der Waals surface area contributed by atoms with Crippen molar-refractivity contribution < 1.29 is 13.9 Å². The molecule has 1 saturated heterocycles. The van der Waals surface area contributed by atoms with Crippen molar-refractivity contribution in [3.8, 4) is 11.3 Å². The largest absolute Gasteiger partial charge is 0.464 e. The minimum atomic E-state index is -0.488. The summed E-state index contributed by atoms with van der Waals surface area (Å²) in [5.74, 6) is -0.148. The molecule has 3 heterocycles. The molecule has 0 unspecified atom stereocenters. The number of aromatic nitrogens is 2. The number of carbonyl (C=O) groups excluding carboxylic acids is 1. The second kappa shape index (κ2) is 10.9. The van der Waals surface area contributed by atoms with Crippen LogP contribution in [0.25, 0.3) is 22.2 Å². The van der Waals surface area contributed by atoms with Gasteiger partial charge < -0.3 is 30.0 Å². The first-order valence-corrected chi connectivity index (χ1v) is 13.3. The number of rotatable bonds is 8. The third kappa shape index (κ3) is 5.54. The average molecular weight is 529 g/mol. The molecule has 0 aliphatic carbocycles. The number of hydrogen-bond acceptors (Lipinski definition) is 9. The number of carbonyl (C=O) groups is 1. The monoisotopic (exact) mass is 528 g/mol. The van der Waals surface area contributed by atoms with Crippen LogP contribution in [0.3, 0.4) is 0 Å². The summed E-state index contributed by atoms with van der Waals surface area (Å²) in [6.07, 6.45) is 5.26. The molecular formula is C30H36N6O3. The maximum atomic E-state index is 12.9. The standard InChI is InChI=1S/C30H36N6O3/c1-18(2)39-29(37)22-15-32-30(34-28(22)23-17-38-27-11-7-6-10-21(23)27)33-25-14-24(31)26(13-19(25)3)36(5)16-20-9-8-12-35(20)4/h6-7,10-11,13-15,17-18,20H,8-9,12,16,31H2,1-5H3,(H,32,33,34)/t20-/m1/s1. The lowest BCUT2D eigenvalue weighted by molar-refractivity contribution is 0.0378. The molecule has 0 saturated carbocycles. The van der Waals surface area contributed by atoms with Crippen molar-refractivity contribution in [1.82, 2.24) is 14.9 Å². The second-order valence-corrected chi connectivity index (χ2v) is 10.6. The maximum absolute atomic E-state index is 12.9. The Kier molecular flexibility index (Phi) is 7.43. The fourth-order valence-corrected chi connectivity index (χ4v) is 5.16. The number of ether oxygens (including phenoxy) is 1. The fourth-order valence-electron chi connectivity index (χ4n) is 5.16. The molecule has 9 nitrogen and oxygen atoms in total. The zero-order valence-electron chi connectivity index (χ0n) is 23.2. The molecule has 1 aliphatic heterocycles. The summed E-state index contributed by atoms with van der Waals surface area (Å²) >= 11 is 0. The molecular weight excluding hydrogens is 492 g/mol. The molecule has 9 heteroatoms.